The average molecular weight is 280 g/mol. The first-order chi connectivity index (χ1) is 9.61. The highest BCUT2D eigenvalue weighted by Crippen LogP contribution is 2.30. The van der Waals surface area contributed by atoms with Crippen LogP contribution < -0.4 is 0 Å². The molecule has 2 rings (SSSR count). The Morgan fingerprint density at radius 3 is 1.45 bits per heavy atom. The topological polar surface area (TPSA) is 9.49 Å². The molecule has 0 aliphatic heterocycles. The first kappa shape index (κ1) is 15.7. The van der Waals surface area contributed by atoms with Gasteiger partial charge in [-0.15, -0.1) is 0 Å². The van der Waals surface area contributed by atoms with Gasteiger partial charge < -0.3 is 0 Å². The van der Waals surface area contributed by atoms with E-state index in [0.29, 0.717) is 0 Å². The summed E-state index contributed by atoms with van der Waals surface area (Å²) < 4.78 is 2.32. The Morgan fingerprint density at radius 1 is 0.750 bits per heavy atom. The highest BCUT2D eigenvalue weighted by atomic mass is 15.4. The summed E-state index contributed by atoms with van der Waals surface area (Å²) in [6, 6.07) is 1.54. The van der Waals surface area contributed by atoms with Crippen molar-refractivity contribution in [2.45, 2.75) is 76.3 Å². The predicted molar refractivity (Wildman–Crippen MR) is 86.4 cm³/mol. The lowest BCUT2D eigenvalue weighted by Crippen LogP contribution is -2.55. The molecule has 0 heterocycles. The van der Waals surface area contributed by atoms with Gasteiger partial charge in [0.05, 0.1) is 40.3 Å². The monoisotopic (exact) mass is 280 g/mol. The van der Waals surface area contributed by atoms with Gasteiger partial charge in [0.15, 0.2) is 0 Å². The van der Waals surface area contributed by atoms with E-state index in [1.54, 1.807) is 0 Å². The predicted octanol–water partition coefficient (Wildman–Crippen LogP) is 3.14. The molecular weight excluding hydrogens is 246 g/mol. The van der Waals surface area contributed by atoms with Crippen LogP contribution in [0.1, 0.15) is 64.2 Å². The molecule has 20 heavy (non-hydrogen) atoms. The summed E-state index contributed by atoms with van der Waals surface area (Å²) >= 11 is 0. The van der Waals surface area contributed by atoms with Gasteiger partial charge in [-0.1, -0.05) is 38.5 Å². The van der Waals surface area contributed by atoms with Crippen LogP contribution in [0, 0.1) is 0 Å². The van der Waals surface area contributed by atoms with Gasteiger partial charge in [0, 0.05) is 0 Å². The van der Waals surface area contributed by atoms with Crippen molar-refractivity contribution in [2.24, 2.45) is 0 Å². The summed E-state index contributed by atoms with van der Waals surface area (Å²) in [6.45, 7) is 0. The number of rotatable bonds is 2. The fraction of sp³-hybridized carbons (Fsp3) is 0.941. The Balaban J connectivity index is 2.24. The normalized spacial score (nSPS) is 21.6. The van der Waals surface area contributed by atoms with E-state index < -0.39 is 0 Å². The lowest BCUT2D eigenvalue weighted by Gasteiger charge is -2.40. The van der Waals surface area contributed by atoms with Gasteiger partial charge in [-0.3, -0.25) is 14.4 Å². The van der Waals surface area contributed by atoms with E-state index in [1.165, 1.54) is 70.2 Å². The van der Waals surface area contributed by atoms with E-state index in [2.05, 4.69) is 42.6 Å². The summed E-state index contributed by atoms with van der Waals surface area (Å²) in [4.78, 5) is 5.13. The maximum Gasteiger partial charge on any atom is 0.350 e. The van der Waals surface area contributed by atoms with Crippen LogP contribution >= 0.6 is 0 Å². The summed E-state index contributed by atoms with van der Waals surface area (Å²) in [5.41, 5.74) is 0. The van der Waals surface area contributed by atoms with Crippen molar-refractivity contribution in [2.75, 3.05) is 28.2 Å². The Bertz CT molecular complexity index is 301. The summed E-state index contributed by atoms with van der Waals surface area (Å²) in [5, 5.41) is 0. The van der Waals surface area contributed by atoms with E-state index in [9.17, 15) is 0 Å². The fourth-order valence-corrected chi connectivity index (χ4v) is 4.21. The van der Waals surface area contributed by atoms with Crippen LogP contribution in [-0.4, -0.2) is 60.6 Å². The third-order valence-electron chi connectivity index (χ3n) is 4.97. The molecule has 0 amide bonds. The minimum Gasteiger partial charge on any atom is -0.270 e. The van der Waals surface area contributed by atoms with Crippen molar-refractivity contribution >= 4 is 5.96 Å². The largest absolute Gasteiger partial charge is 0.350 e. The Morgan fingerprint density at radius 2 is 1.15 bits per heavy atom. The molecule has 116 valence electrons. The quantitative estimate of drug-likeness (QED) is 0.437. The Labute approximate surface area is 125 Å². The lowest BCUT2D eigenvalue weighted by atomic mass is 9.89. The zero-order valence-corrected chi connectivity index (χ0v) is 14.1. The van der Waals surface area contributed by atoms with E-state index in [4.69, 9.17) is 0 Å². The van der Waals surface area contributed by atoms with Crippen LogP contribution in [0.2, 0.25) is 0 Å². The Hall–Kier alpha value is -0.730. The minimum atomic E-state index is 0.770. The average Bonchev–Trinajstić information content (AvgIpc) is 2.45. The maximum atomic E-state index is 2.80. The lowest BCUT2D eigenvalue weighted by molar-refractivity contribution is -0.477. The van der Waals surface area contributed by atoms with Crippen LogP contribution in [0.3, 0.4) is 0 Å². The second kappa shape index (κ2) is 7.33. The van der Waals surface area contributed by atoms with Crippen LogP contribution in [0.5, 0.6) is 0 Å². The molecule has 2 saturated carbocycles. The van der Waals surface area contributed by atoms with Gasteiger partial charge in [0.2, 0.25) is 0 Å². The van der Waals surface area contributed by atoms with Gasteiger partial charge in [0.1, 0.15) is 0 Å². The molecule has 0 unspecified atom stereocenters. The van der Waals surface area contributed by atoms with E-state index in [0.717, 1.165) is 12.1 Å². The number of nitrogens with zero attached hydrogens (tertiary/aromatic N) is 3. The van der Waals surface area contributed by atoms with E-state index >= 15 is 0 Å². The SMILES string of the molecule is CN(C)C(N(C1CCCCC1)C1CCCCC1)=[N+](C)C. The molecule has 2 aliphatic rings. The molecule has 0 aromatic carbocycles. The van der Waals surface area contributed by atoms with Crippen molar-refractivity contribution in [1.82, 2.24) is 9.80 Å². The summed E-state index contributed by atoms with van der Waals surface area (Å²) in [7, 11) is 8.81. The van der Waals surface area contributed by atoms with Crippen molar-refractivity contribution in [3.05, 3.63) is 0 Å². The second-order valence-electron chi connectivity index (χ2n) is 7.08. The van der Waals surface area contributed by atoms with Gasteiger partial charge in [-0.2, -0.15) is 0 Å². The van der Waals surface area contributed by atoms with E-state index in [-0.39, 0.29) is 0 Å². The number of hydrogen-bond acceptors (Lipinski definition) is 0. The van der Waals surface area contributed by atoms with Crippen LogP contribution in [0.15, 0.2) is 0 Å². The zero-order chi connectivity index (χ0) is 14.5. The molecule has 0 radical (unpaired) electrons. The first-order valence-corrected chi connectivity index (χ1v) is 8.61. The molecular formula is C17H34N3+. The van der Waals surface area contributed by atoms with Gasteiger partial charge in [-0.05, 0) is 25.7 Å². The highest BCUT2D eigenvalue weighted by molar-refractivity contribution is 5.75. The molecule has 0 aromatic heterocycles. The molecule has 0 saturated heterocycles. The van der Waals surface area contributed by atoms with Crippen molar-refractivity contribution in [3.63, 3.8) is 0 Å². The molecule has 2 aliphatic carbocycles. The van der Waals surface area contributed by atoms with Crippen LogP contribution in [0.25, 0.3) is 0 Å². The summed E-state index contributed by atoms with van der Waals surface area (Å²) in [5.74, 6) is 1.42. The standard InChI is InChI=1S/C17H34N3/c1-18(2)17(19(3)4)20(15-11-7-5-8-12-15)16-13-9-6-10-14-16/h15-16H,5-14H2,1-4H3/q+1. The number of hydrogen-bond donors (Lipinski definition) is 0. The molecule has 3 heteroatoms. The van der Waals surface area contributed by atoms with Gasteiger partial charge in [-0.25, -0.2) is 0 Å². The molecule has 0 N–H and O–H groups in total. The second-order valence-corrected chi connectivity index (χ2v) is 7.08. The Kier molecular flexibility index (Phi) is 5.74. The maximum absolute atomic E-state index is 2.80. The smallest absolute Gasteiger partial charge is 0.270 e. The molecule has 2 fully saturated rings. The van der Waals surface area contributed by atoms with Crippen LogP contribution in [0.4, 0.5) is 0 Å². The summed E-state index contributed by atoms with van der Waals surface area (Å²) in [6.07, 6.45) is 14.1. The molecule has 0 spiro atoms. The zero-order valence-electron chi connectivity index (χ0n) is 14.1. The molecule has 0 aromatic rings. The first-order valence-electron chi connectivity index (χ1n) is 8.61. The molecule has 0 atom stereocenters. The molecule has 3 nitrogen and oxygen atoms in total. The highest BCUT2D eigenvalue weighted by Gasteiger charge is 2.37. The third-order valence-corrected chi connectivity index (χ3v) is 4.97. The van der Waals surface area contributed by atoms with Crippen molar-refractivity contribution in [1.29, 1.82) is 0 Å². The number of guanidine groups is 1. The fourth-order valence-electron chi connectivity index (χ4n) is 4.21. The van der Waals surface area contributed by atoms with Crippen molar-refractivity contribution < 1.29 is 4.58 Å². The third kappa shape index (κ3) is 3.67. The minimum absolute atomic E-state index is 0.770. The van der Waals surface area contributed by atoms with E-state index in [1.807, 2.05) is 0 Å². The van der Waals surface area contributed by atoms with Crippen LogP contribution in [-0.2, 0) is 0 Å². The van der Waals surface area contributed by atoms with Gasteiger partial charge >= 0.3 is 5.96 Å². The van der Waals surface area contributed by atoms with Crippen molar-refractivity contribution in [3.8, 4) is 0 Å². The molecule has 0 bridgehead atoms. The van der Waals surface area contributed by atoms with Gasteiger partial charge in [0.25, 0.3) is 0 Å².